The van der Waals surface area contributed by atoms with Gasteiger partial charge in [-0.1, -0.05) is 128 Å². The summed E-state index contributed by atoms with van der Waals surface area (Å²) in [7, 11) is 0. The molecule has 2 heterocycles. The lowest BCUT2D eigenvalue weighted by molar-refractivity contribution is 0.583. The van der Waals surface area contributed by atoms with E-state index in [1.54, 1.807) is 0 Å². The van der Waals surface area contributed by atoms with Crippen LogP contribution in [-0.4, -0.2) is 0 Å². The third-order valence-corrected chi connectivity index (χ3v) is 20.9. The van der Waals surface area contributed by atoms with Crippen molar-refractivity contribution in [2.24, 2.45) is 0 Å². The van der Waals surface area contributed by atoms with Gasteiger partial charge in [-0.15, -0.1) is 0 Å². The summed E-state index contributed by atoms with van der Waals surface area (Å²) in [5.74, 6) is 0. The Morgan fingerprint density at radius 3 is 1.03 bits per heavy atom. The van der Waals surface area contributed by atoms with Crippen molar-refractivity contribution in [3.63, 3.8) is 0 Å². The minimum Gasteiger partial charge on any atom is -0.456 e. The first kappa shape index (κ1) is 58.9. The van der Waals surface area contributed by atoms with Crippen molar-refractivity contribution < 1.29 is 8.83 Å². The fourth-order valence-corrected chi connectivity index (χ4v) is 14.9. The molecule has 15 aromatic rings. The molecule has 0 saturated carbocycles. The molecule has 0 radical (unpaired) electrons. The fraction of sp³-hybridized carbons (Fsp3) is 0.133. The lowest BCUT2D eigenvalue weighted by Crippen LogP contribution is -2.24. The molecule has 5 nitrogen and oxygen atoms in total. The Hall–Kier alpha value is -11.1. The van der Waals surface area contributed by atoms with Crippen LogP contribution in [0.15, 0.2) is 264 Å². The lowest BCUT2D eigenvalue weighted by atomic mass is 9.74. The zero-order chi connectivity index (χ0) is 65.0. The molecule has 0 spiro atoms. The van der Waals surface area contributed by atoms with Gasteiger partial charge in [-0.2, -0.15) is 0 Å². The van der Waals surface area contributed by atoms with Crippen molar-refractivity contribution >= 4 is 89.4 Å². The van der Waals surface area contributed by atoms with Crippen molar-refractivity contribution in [2.75, 3.05) is 15.1 Å². The third-order valence-electron chi connectivity index (χ3n) is 20.9. The molecule has 462 valence electrons. The number of rotatable bonds is 13. The Morgan fingerprint density at radius 2 is 0.632 bits per heavy atom. The molecule has 0 saturated heterocycles. The van der Waals surface area contributed by atoms with E-state index in [1.807, 2.05) is 0 Å². The van der Waals surface area contributed by atoms with E-state index >= 15 is 0 Å². The second-order valence-electron chi connectivity index (χ2n) is 26.9. The Morgan fingerprint density at radius 1 is 0.295 bits per heavy atom. The number of nitrogens with zero attached hydrogens (tertiary/aromatic N) is 2. The Bertz CT molecular complexity index is 5170. The summed E-state index contributed by atoms with van der Waals surface area (Å²) in [6.45, 7) is 22.3. The molecule has 0 unspecified atom stereocenters. The lowest BCUT2D eigenvalue weighted by Gasteiger charge is -2.28. The molecular formula is C90H75N3O2. The predicted molar refractivity (Wildman–Crippen MR) is 401 cm³/mol. The van der Waals surface area contributed by atoms with Crippen LogP contribution in [0.3, 0.4) is 0 Å². The first-order valence-corrected chi connectivity index (χ1v) is 33.2. The van der Waals surface area contributed by atoms with Crippen LogP contribution in [0.1, 0.15) is 73.7 Å². The van der Waals surface area contributed by atoms with E-state index in [2.05, 4.69) is 339 Å². The predicted octanol–water partition coefficient (Wildman–Crippen LogP) is 25.5. The number of hydrogen-bond donors (Lipinski definition) is 1. The molecular weight excluding hydrogens is 1160 g/mol. The average molecular weight is 1230 g/mol. The number of nitrogens with one attached hydrogen (secondary N) is 1. The van der Waals surface area contributed by atoms with Crippen molar-refractivity contribution in [3.05, 3.63) is 322 Å². The van der Waals surface area contributed by atoms with Gasteiger partial charge in [0.25, 0.3) is 0 Å². The molecule has 0 amide bonds. The molecule has 0 atom stereocenters. The summed E-state index contributed by atoms with van der Waals surface area (Å²) in [6, 6.07) is 93.8. The van der Waals surface area contributed by atoms with Gasteiger partial charge in [0.2, 0.25) is 0 Å². The second-order valence-corrected chi connectivity index (χ2v) is 26.9. The number of hydrogen-bond acceptors (Lipinski definition) is 5. The Labute approximate surface area is 557 Å². The van der Waals surface area contributed by atoms with Gasteiger partial charge < -0.3 is 24.0 Å². The highest BCUT2D eigenvalue weighted by molar-refractivity contribution is 6.11. The van der Waals surface area contributed by atoms with Crippen LogP contribution in [0.5, 0.6) is 0 Å². The summed E-state index contributed by atoms with van der Waals surface area (Å²) in [6.07, 6.45) is 0.781. The summed E-state index contributed by atoms with van der Waals surface area (Å²) < 4.78 is 14.3. The van der Waals surface area contributed by atoms with E-state index in [-0.39, 0.29) is 0 Å². The standard InChI is InChI=1S/C90H75N3O2/c1-54-41-71(42-55(2)60(54)7)91-70-31-25-67(26-32-70)66-23-21-63(22-24-66)53-90(10)84-49-82-78-39-37-74(92(76-43-56(3)61(8)57(4)44-76)72-33-27-68(28-34-72)64-17-13-11-14-18-64)47-86(78)94-88(82)51-80(84)81-52-89-83(50-85(81)90)79-40-38-75(48-87(79)95-89)93(77-45-58(5)62(9)59(6)46-77)73-35-29-69(30-36-73)65-19-15-12-16-20-65/h11-52,91H,53H2,1-10H3. The van der Waals surface area contributed by atoms with E-state index in [0.29, 0.717) is 0 Å². The molecule has 95 heavy (non-hydrogen) atoms. The summed E-state index contributed by atoms with van der Waals surface area (Å²) in [4.78, 5) is 4.73. The molecule has 1 N–H and O–H groups in total. The zero-order valence-corrected chi connectivity index (χ0v) is 55.7. The van der Waals surface area contributed by atoms with Crippen molar-refractivity contribution in [3.8, 4) is 44.5 Å². The van der Waals surface area contributed by atoms with Crippen LogP contribution < -0.4 is 15.1 Å². The maximum absolute atomic E-state index is 7.13. The van der Waals surface area contributed by atoms with Gasteiger partial charge in [0.1, 0.15) is 22.3 Å². The molecule has 1 aliphatic carbocycles. The zero-order valence-electron chi connectivity index (χ0n) is 55.7. The van der Waals surface area contributed by atoms with Gasteiger partial charge in [-0.05, 0) is 301 Å². The number of fused-ring (bicyclic) bond motifs is 9. The van der Waals surface area contributed by atoms with Crippen LogP contribution in [0.4, 0.5) is 45.5 Å². The van der Waals surface area contributed by atoms with Crippen molar-refractivity contribution in [1.29, 1.82) is 0 Å². The van der Waals surface area contributed by atoms with Crippen LogP contribution in [0, 0.1) is 62.3 Å². The molecule has 13 aromatic carbocycles. The van der Waals surface area contributed by atoms with Crippen LogP contribution in [0.2, 0.25) is 0 Å². The highest BCUT2D eigenvalue weighted by Gasteiger charge is 2.41. The van der Waals surface area contributed by atoms with E-state index < -0.39 is 5.41 Å². The molecule has 0 fully saturated rings. The number of furan rings is 2. The van der Waals surface area contributed by atoms with E-state index in [9.17, 15) is 0 Å². The van der Waals surface area contributed by atoms with Crippen molar-refractivity contribution in [2.45, 2.75) is 81.1 Å². The highest BCUT2D eigenvalue weighted by Crippen LogP contribution is 2.55. The van der Waals surface area contributed by atoms with Gasteiger partial charge >= 0.3 is 0 Å². The second kappa shape index (κ2) is 23.2. The van der Waals surface area contributed by atoms with Crippen LogP contribution >= 0.6 is 0 Å². The van der Waals surface area contributed by atoms with E-state index in [4.69, 9.17) is 8.83 Å². The number of anilines is 8. The van der Waals surface area contributed by atoms with Gasteiger partial charge in [-0.25, -0.2) is 0 Å². The molecule has 16 rings (SSSR count). The van der Waals surface area contributed by atoms with Gasteiger partial charge in [0.15, 0.2) is 0 Å². The number of aryl methyl sites for hydroxylation is 6. The van der Waals surface area contributed by atoms with E-state index in [1.165, 1.54) is 111 Å². The summed E-state index contributed by atoms with van der Waals surface area (Å²) in [5.41, 5.74) is 36.4. The van der Waals surface area contributed by atoms with Crippen molar-refractivity contribution in [1.82, 2.24) is 0 Å². The monoisotopic (exact) mass is 1230 g/mol. The molecule has 0 bridgehead atoms. The minimum atomic E-state index is -0.435. The maximum atomic E-state index is 7.13. The summed E-state index contributed by atoms with van der Waals surface area (Å²) >= 11 is 0. The van der Waals surface area contributed by atoms with Crippen LogP contribution in [0.25, 0.3) is 88.4 Å². The third kappa shape index (κ3) is 10.4. The first-order valence-electron chi connectivity index (χ1n) is 33.2. The first-order chi connectivity index (χ1) is 46.1. The summed E-state index contributed by atoms with van der Waals surface area (Å²) in [5, 5.41) is 8.02. The largest absolute Gasteiger partial charge is 0.456 e. The minimum absolute atomic E-state index is 0.435. The topological polar surface area (TPSA) is 44.8 Å². The Balaban J connectivity index is 0.805. The fourth-order valence-electron chi connectivity index (χ4n) is 14.9. The normalized spacial score (nSPS) is 12.4. The van der Waals surface area contributed by atoms with E-state index in [0.717, 1.165) is 95.8 Å². The van der Waals surface area contributed by atoms with Crippen LogP contribution in [-0.2, 0) is 11.8 Å². The smallest absolute Gasteiger partial charge is 0.137 e. The number of benzene rings is 13. The molecule has 5 heteroatoms. The maximum Gasteiger partial charge on any atom is 0.137 e. The highest BCUT2D eigenvalue weighted by atomic mass is 16.3. The molecule has 1 aliphatic rings. The van der Waals surface area contributed by atoms with Gasteiger partial charge in [0.05, 0.1) is 0 Å². The van der Waals surface area contributed by atoms with Gasteiger partial charge in [-0.3, -0.25) is 0 Å². The SMILES string of the molecule is Cc1cc(Nc2ccc(-c3ccc(CC4(C)c5cc6c(cc5-c5cc7oc8cc(N(c9ccc(-c%10ccccc%10)cc9)c9cc(C)c(C)c(C)c9)ccc8c7cc54)oc4cc(N(c5ccc(-c7ccccc7)cc5)c5cc(C)c(C)c(C)c5)ccc46)cc3)cc2)cc(C)c1C. The Kier molecular flexibility index (Phi) is 14.4. The molecule has 0 aliphatic heterocycles. The van der Waals surface area contributed by atoms with Gasteiger partial charge in [0, 0.05) is 84.6 Å². The molecule has 2 aromatic heterocycles. The quantitative estimate of drug-likeness (QED) is 0.125. The average Bonchev–Trinajstić information content (AvgIpc) is 1.54.